The van der Waals surface area contributed by atoms with E-state index in [0.717, 1.165) is 6.54 Å². The number of ether oxygens (including phenoxy) is 2. The molecule has 15 heavy (non-hydrogen) atoms. The van der Waals surface area contributed by atoms with E-state index in [9.17, 15) is 0 Å². The lowest BCUT2D eigenvalue weighted by Gasteiger charge is -2.22. The fraction of sp³-hybridized carbons (Fsp3) is 1.00. The summed E-state index contributed by atoms with van der Waals surface area (Å²) in [7, 11) is 3.35. The molecule has 0 aromatic heterocycles. The fourth-order valence-corrected chi connectivity index (χ4v) is 1.66. The van der Waals surface area contributed by atoms with Gasteiger partial charge in [-0.1, -0.05) is 32.6 Å². The number of nitrogens with one attached hydrogen (secondary N) is 1. The van der Waals surface area contributed by atoms with Crippen LogP contribution in [0.1, 0.15) is 46.0 Å². The van der Waals surface area contributed by atoms with Crippen molar-refractivity contribution in [2.24, 2.45) is 0 Å². The van der Waals surface area contributed by atoms with E-state index < -0.39 is 0 Å². The molecule has 0 aliphatic rings. The van der Waals surface area contributed by atoms with Gasteiger partial charge in [0, 0.05) is 14.2 Å². The number of rotatable bonds is 10. The Morgan fingerprint density at radius 2 is 1.60 bits per heavy atom. The summed E-state index contributed by atoms with van der Waals surface area (Å²) in [5, 5.41) is 3.41. The Morgan fingerprint density at radius 1 is 1.00 bits per heavy atom. The summed E-state index contributed by atoms with van der Waals surface area (Å²) in [6.07, 6.45) is 6.43. The van der Waals surface area contributed by atoms with Crippen molar-refractivity contribution in [3.63, 3.8) is 0 Å². The van der Waals surface area contributed by atoms with Crippen molar-refractivity contribution in [1.82, 2.24) is 5.32 Å². The minimum atomic E-state index is -0.138. The lowest BCUT2D eigenvalue weighted by atomic mass is 10.1. The van der Waals surface area contributed by atoms with E-state index in [4.69, 9.17) is 9.47 Å². The van der Waals surface area contributed by atoms with Gasteiger partial charge in [0.1, 0.15) is 0 Å². The van der Waals surface area contributed by atoms with Gasteiger partial charge in [-0.2, -0.15) is 0 Å². The SMILES string of the molecule is CCCCCCCNC(C)C(OC)OC. The molecular formula is C12H27NO2. The van der Waals surface area contributed by atoms with Crippen molar-refractivity contribution in [1.29, 1.82) is 0 Å². The third kappa shape index (κ3) is 7.77. The number of hydrogen-bond donors (Lipinski definition) is 1. The first-order valence-electron chi connectivity index (χ1n) is 6.05. The summed E-state index contributed by atoms with van der Waals surface area (Å²) in [6.45, 7) is 5.37. The van der Waals surface area contributed by atoms with Crippen LogP contribution in [0.5, 0.6) is 0 Å². The number of hydrogen-bond acceptors (Lipinski definition) is 3. The molecule has 3 nitrogen and oxygen atoms in total. The van der Waals surface area contributed by atoms with Gasteiger partial charge in [0.2, 0.25) is 0 Å². The molecule has 1 atom stereocenters. The summed E-state index contributed by atoms with van der Waals surface area (Å²) in [5.41, 5.74) is 0. The molecule has 0 fully saturated rings. The van der Waals surface area contributed by atoms with Crippen molar-refractivity contribution in [2.45, 2.75) is 58.3 Å². The molecule has 0 spiro atoms. The normalized spacial score (nSPS) is 13.4. The molecule has 0 heterocycles. The van der Waals surface area contributed by atoms with Crippen molar-refractivity contribution in [3.8, 4) is 0 Å². The van der Waals surface area contributed by atoms with Crippen molar-refractivity contribution in [3.05, 3.63) is 0 Å². The van der Waals surface area contributed by atoms with Crippen LogP contribution in [-0.2, 0) is 9.47 Å². The zero-order chi connectivity index (χ0) is 11.5. The van der Waals surface area contributed by atoms with E-state index in [1.54, 1.807) is 14.2 Å². The summed E-state index contributed by atoms with van der Waals surface area (Å²) < 4.78 is 10.3. The van der Waals surface area contributed by atoms with E-state index >= 15 is 0 Å². The number of methoxy groups -OCH3 is 2. The highest BCUT2D eigenvalue weighted by Gasteiger charge is 2.13. The van der Waals surface area contributed by atoms with Crippen LogP contribution in [0, 0.1) is 0 Å². The van der Waals surface area contributed by atoms with Gasteiger partial charge in [-0.15, -0.1) is 0 Å². The van der Waals surface area contributed by atoms with Crippen LogP contribution in [0.3, 0.4) is 0 Å². The number of unbranched alkanes of at least 4 members (excludes halogenated alkanes) is 4. The second-order valence-electron chi connectivity index (χ2n) is 4.00. The predicted octanol–water partition coefficient (Wildman–Crippen LogP) is 2.55. The third-order valence-electron chi connectivity index (χ3n) is 2.62. The maximum atomic E-state index is 5.17. The Morgan fingerprint density at radius 3 is 2.13 bits per heavy atom. The molecule has 0 amide bonds. The predicted molar refractivity (Wildman–Crippen MR) is 64.0 cm³/mol. The Labute approximate surface area is 94.5 Å². The molecule has 0 aromatic carbocycles. The topological polar surface area (TPSA) is 30.5 Å². The summed E-state index contributed by atoms with van der Waals surface area (Å²) >= 11 is 0. The van der Waals surface area contributed by atoms with Gasteiger partial charge in [-0.25, -0.2) is 0 Å². The van der Waals surface area contributed by atoms with E-state index in [-0.39, 0.29) is 12.3 Å². The molecule has 1 N–H and O–H groups in total. The van der Waals surface area contributed by atoms with Crippen LogP contribution < -0.4 is 5.32 Å². The van der Waals surface area contributed by atoms with Crippen LogP contribution in [0.2, 0.25) is 0 Å². The van der Waals surface area contributed by atoms with Crippen molar-refractivity contribution >= 4 is 0 Å². The zero-order valence-corrected chi connectivity index (χ0v) is 10.7. The first-order chi connectivity index (χ1) is 7.26. The quantitative estimate of drug-likeness (QED) is 0.450. The average molecular weight is 217 g/mol. The second-order valence-corrected chi connectivity index (χ2v) is 4.00. The molecule has 0 aromatic rings. The van der Waals surface area contributed by atoms with E-state index in [1.807, 2.05) is 0 Å². The van der Waals surface area contributed by atoms with Crippen LogP contribution >= 0.6 is 0 Å². The largest absolute Gasteiger partial charge is 0.354 e. The second kappa shape index (κ2) is 10.4. The molecule has 1 unspecified atom stereocenters. The van der Waals surface area contributed by atoms with Gasteiger partial charge < -0.3 is 14.8 Å². The van der Waals surface area contributed by atoms with E-state index in [1.165, 1.54) is 32.1 Å². The van der Waals surface area contributed by atoms with Gasteiger partial charge in [-0.05, 0) is 19.9 Å². The minimum Gasteiger partial charge on any atom is -0.354 e. The monoisotopic (exact) mass is 217 g/mol. The third-order valence-corrected chi connectivity index (χ3v) is 2.62. The molecule has 0 saturated carbocycles. The molecular weight excluding hydrogens is 190 g/mol. The molecule has 0 saturated heterocycles. The van der Waals surface area contributed by atoms with Gasteiger partial charge in [0.15, 0.2) is 6.29 Å². The Kier molecular flexibility index (Phi) is 10.3. The average Bonchev–Trinajstić information content (AvgIpc) is 2.25. The fourth-order valence-electron chi connectivity index (χ4n) is 1.66. The lowest BCUT2D eigenvalue weighted by Crippen LogP contribution is -2.40. The maximum absolute atomic E-state index is 5.17. The van der Waals surface area contributed by atoms with Crippen LogP contribution in [-0.4, -0.2) is 33.1 Å². The standard InChI is InChI=1S/C12H27NO2/c1-5-6-7-8-9-10-13-11(2)12(14-3)15-4/h11-13H,5-10H2,1-4H3. The van der Waals surface area contributed by atoms with E-state index in [0.29, 0.717) is 0 Å². The molecule has 0 radical (unpaired) electrons. The van der Waals surface area contributed by atoms with Crippen LogP contribution in [0.25, 0.3) is 0 Å². The Hall–Kier alpha value is -0.120. The first kappa shape index (κ1) is 14.9. The van der Waals surface area contributed by atoms with Crippen LogP contribution in [0.15, 0.2) is 0 Å². The maximum Gasteiger partial charge on any atom is 0.171 e. The molecule has 0 aliphatic carbocycles. The summed E-state index contributed by atoms with van der Waals surface area (Å²) in [5.74, 6) is 0. The van der Waals surface area contributed by atoms with Gasteiger partial charge in [-0.3, -0.25) is 0 Å². The smallest absolute Gasteiger partial charge is 0.171 e. The Balaban J connectivity index is 3.33. The zero-order valence-electron chi connectivity index (χ0n) is 10.7. The van der Waals surface area contributed by atoms with E-state index in [2.05, 4.69) is 19.2 Å². The molecule has 3 heteroatoms. The summed E-state index contributed by atoms with van der Waals surface area (Å²) in [4.78, 5) is 0. The van der Waals surface area contributed by atoms with Gasteiger partial charge >= 0.3 is 0 Å². The first-order valence-corrected chi connectivity index (χ1v) is 6.05. The van der Waals surface area contributed by atoms with Crippen molar-refractivity contribution in [2.75, 3.05) is 20.8 Å². The minimum absolute atomic E-state index is 0.138. The highest BCUT2D eigenvalue weighted by molar-refractivity contribution is 4.64. The summed E-state index contributed by atoms with van der Waals surface area (Å²) in [6, 6.07) is 0.256. The lowest BCUT2D eigenvalue weighted by molar-refractivity contribution is -0.119. The highest BCUT2D eigenvalue weighted by Crippen LogP contribution is 2.03. The molecule has 0 bridgehead atoms. The highest BCUT2D eigenvalue weighted by atomic mass is 16.7. The Bertz CT molecular complexity index is 127. The molecule has 0 aliphatic heterocycles. The van der Waals surface area contributed by atoms with Crippen LogP contribution in [0.4, 0.5) is 0 Å². The molecule has 0 rings (SSSR count). The van der Waals surface area contributed by atoms with Gasteiger partial charge in [0.25, 0.3) is 0 Å². The van der Waals surface area contributed by atoms with Crippen molar-refractivity contribution < 1.29 is 9.47 Å². The molecule has 92 valence electrons. The van der Waals surface area contributed by atoms with Gasteiger partial charge in [0.05, 0.1) is 6.04 Å².